The van der Waals surface area contributed by atoms with Gasteiger partial charge in [-0.1, -0.05) is 43.7 Å². The summed E-state index contributed by atoms with van der Waals surface area (Å²) < 4.78 is 0. The van der Waals surface area contributed by atoms with E-state index in [1.807, 2.05) is 0 Å². The second-order valence-corrected chi connectivity index (χ2v) is 5.39. The highest BCUT2D eigenvalue weighted by Gasteiger charge is 2.12. The zero-order valence-electron chi connectivity index (χ0n) is 10.4. The molecule has 2 rings (SSSR count). The van der Waals surface area contributed by atoms with Crippen molar-refractivity contribution in [2.24, 2.45) is 0 Å². The predicted octanol–water partition coefficient (Wildman–Crippen LogP) is 3.42. The molecule has 0 spiro atoms. The van der Waals surface area contributed by atoms with Gasteiger partial charge >= 0.3 is 0 Å². The maximum atomic E-state index is 4.25. The Kier molecular flexibility index (Phi) is 4.35. The van der Waals surface area contributed by atoms with Gasteiger partial charge in [-0.3, -0.25) is 0 Å². The number of thiophene rings is 1. The largest absolute Gasteiger partial charge is 0.347 e. The number of hydrogen-bond donors (Lipinski definition) is 1. The number of hydrogen-bond acceptors (Lipinski definition) is 1. The number of benzene rings is 1. The lowest BCUT2D eigenvalue weighted by Crippen LogP contribution is -2.53. The minimum Gasteiger partial charge on any atom is -0.347 e. The molecule has 1 atom stereocenters. The molecule has 1 nitrogen and oxygen atoms in total. The molecule has 1 heterocycles. The van der Waals surface area contributed by atoms with Crippen LogP contribution in [0.15, 0.2) is 41.8 Å². The van der Waals surface area contributed by atoms with Crippen molar-refractivity contribution in [1.82, 2.24) is 0 Å². The van der Waals surface area contributed by atoms with E-state index in [0.29, 0.717) is 0 Å². The molecule has 0 aliphatic rings. The minimum absolute atomic E-state index is 0.273. The second kappa shape index (κ2) is 5.99. The van der Waals surface area contributed by atoms with Crippen LogP contribution in [0.4, 0.5) is 0 Å². The van der Waals surface area contributed by atoms with Gasteiger partial charge in [0.1, 0.15) is 6.04 Å². The third kappa shape index (κ3) is 3.18. The average molecular weight is 246 g/mol. The van der Waals surface area contributed by atoms with E-state index in [9.17, 15) is 0 Å². The monoisotopic (exact) mass is 246 g/mol. The third-order valence-corrected chi connectivity index (χ3v) is 4.07. The molecule has 17 heavy (non-hydrogen) atoms. The topological polar surface area (TPSA) is 27.6 Å². The molecular formula is C15H20NS+. The molecule has 0 unspecified atom stereocenters. The highest BCUT2D eigenvalue weighted by atomic mass is 32.1. The maximum absolute atomic E-state index is 4.25. The van der Waals surface area contributed by atoms with Crippen LogP contribution < -0.4 is 5.73 Å². The summed E-state index contributed by atoms with van der Waals surface area (Å²) in [6.07, 6.45) is 3.73. The molecule has 90 valence electrons. The lowest BCUT2D eigenvalue weighted by Gasteiger charge is -2.07. The van der Waals surface area contributed by atoms with E-state index in [0.717, 1.165) is 0 Å². The van der Waals surface area contributed by atoms with Gasteiger partial charge in [0.15, 0.2) is 0 Å². The SMILES string of the molecule is CCCCc1ccc([C@H]([NH3+])c2cccs2)cc1. The fraction of sp³-hybridized carbons (Fsp3) is 0.333. The maximum Gasteiger partial charge on any atom is 0.145 e. The molecule has 0 aliphatic carbocycles. The van der Waals surface area contributed by atoms with Crippen LogP contribution in [0.1, 0.15) is 41.8 Å². The van der Waals surface area contributed by atoms with Crippen LogP contribution in [-0.2, 0) is 6.42 Å². The molecule has 1 aromatic heterocycles. The Labute approximate surface area is 107 Å². The van der Waals surface area contributed by atoms with Gasteiger partial charge in [0, 0.05) is 5.56 Å². The summed E-state index contributed by atoms with van der Waals surface area (Å²) in [4.78, 5) is 1.34. The van der Waals surface area contributed by atoms with Crippen LogP contribution >= 0.6 is 11.3 Å². The summed E-state index contributed by atoms with van der Waals surface area (Å²) >= 11 is 1.78. The van der Waals surface area contributed by atoms with Gasteiger partial charge in [0.25, 0.3) is 0 Å². The molecule has 2 heteroatoms. The van der Waals surface area contributed by atoms with Gasteiger partial charge in [-0.15, -0.1) is 11.3 Å². The van der Waals surface area contributed by atoms with E-state index in [1.54, 1.807) is 11.3 Å². The van der Waals surface area contributed by atoms with E-state index in [-0.39, 0.29) is 6.04 Å². The summed E-state index contributed by atoms with van der Waals surface area (Å²) in [5, 5.41) is 2.11. The van der Waals surface area contributed by atoms with Crippen molar-refractivity contribution in [3.63, 3.8) is 0 Å². The van der Waals surface area contributed by atoms with Crippen molar-refractivity contribution in [3.8, 4) is 0 Å². The molecule has 0 fully saturated rings. The Morgan fingerprint density at radius 1 is 1.18 bits per heavy atom. The van der Waals surface area contributed by atoms with Gasteiger partial charge in [-0.25, -0.2) is 0 Å². The number of unbranched alkanes of at least 4 members (excludes halogenated alkanes) is 1. The molecule has 0 aliphatic heterocycles. The summed E-state index contributed by atoms with van der Waals surface area (Å²) in [5.74, 6) is 0. The predicted molar refractivity (Wildman–Crippen MR) is 74.1 cm³/mol. The van der Waals surface area contributed by atoms with Crippen molar-refractivity contribution >= 4 is 11.3 Å². The Morgan fingerprint density at radius 3 is 2.53 bits per heavy atom. The molecule has 3 N–H and O–H groups in total. The standard InChI is InChI=1S/C15H19NS/c1-2-3-5-12-7-9-13(10-8-12)15(16)14-6-4-11-17-14/h4,6-11,15H,2-3,5,16H2,1H3/p+1/t15-/m0/s1. The van der Waals surface area contributed by atoms with E-state index >= 15 is 0 Å². The van der Waals surface area contributed by atoms with Gasteiger partial charge in [-0.05, 0) is 29.9 Å². The molecule has 0 saturated carbocycles. The molecule has 0 saturated heterocycles. The van der Waals surface area contributed by atoms with E-state index in [2.05, 4.69) is 54.4 Å². The molecule has 0 radical (unpaired) electrons. The summed E-state index contributed by atoms with van der Waals surface area (Å²) in [5.41, 5.74) is 7.00. The lowest BCUT2D eigenvalue weighted by atomic mass is 10.0. The van der Waals surface area contributed by atoms with Crippen molar-refractivity contribution in [2.75, 3.05) is 0 Å². The Balaban J connectivity index is 2.07. The van der Waals surface area contributed by atoms with Gasteiger partial charge in [0.2, 0.25) is 0 Å². The van der Waals surface area contributed by atoms with E-state index < -0.39 is 0 Å². The van der Waals surface area contributed by atoms with E-state index in [4.69, 9.17) is 0 Å². The summed E-state index contributed by atoms with van der Waals surface area (Å²) in [6.45, 7) is 2.23. The Hall–Kier alpha value is -1.12. The number of aryl methyl sites for hydroxylation is 1. The zero-order chi connectivity index (χ0) is 12.1. The van der Waals surface area contributed by atoms with Crippen LogP contribution in [0.2, 0.25) is 0 Å². The first-order chi connectivity index (χ1) is 8.31. The zero-order valence-corrected chi connectivity index (χ0v) is 11.2. The van der Waals surface area contributed by atoms with Crippen molar-refractivity contribution in [3.05, 3.63) is 57.8 Å². The molecular weight excluding hydrogens is 226 g/mol. The minimum atomic E-state index is 0.273. The second-order valence-electron chi connectivity index (χ2n) is 4.41. The summed E-state index contributed by atoms with van der Waals surface area (Å²) in [7, 11) is 0. The smallest absolute Gasteiger partial charge is 0.145 e. The van der Waals surface area contributed by atoms with Crippen LogP contribution in [0, 0.1) is 0 Å². The first-order valence-corrected chi connectivity index (χ1v) is 7.14. The van der Waals surface area contributed by atoms with Gasteiger partial charge < -0.3 is 5.73 Å². The molecule has 1 aromatic carbocycles. The number of quaternary nitrogens is 1. The first-order valence-electron chi connectivity index (χ1n) is 6.26. The summed E-state index contributed by atoms with van der Waals surface area (Å²) in [6, 6.07) is 13.5. The van der Waals surface area contributed by atoms with Crippen molar-refractivity contribution in [1.29, 1.82) is 0 Å². The fourth-order valence-corrected chi connectivity index (χ4v) is 2.72. The Morgan fingerprint density at radius 2 is 1.94 bits per heavy atom. The highest BCUT2D eigenvalue weighted by Crippen LogP contribution is 2.22. The van der Waals surface area contributed by atoms with Crippen LogP contribution in [0.5, 0.6) is 0 Å². The first kappa shape index (κ1) is 12.3. The Bertz CT molecular complexity index is 430. The highest BCUT2D eigenvalue weighted by molar-refractivity contribution is 7.10. The molecule has 2 aromatic rings. The van der Waals surface area contributed by atoms with Crippen LogP contribution in [-0.4, -0.2) is 0 Å². The van der Waals surface area contributed by atoms with Crippen LogP contribution in [0.25, 0.3) is 0 Å². The third-order valence-electron chi connectivity index (χ3n) is 3.09. The van der Waals surface area contributed by atoms with Gasteiger partial charge in [-0.2, -0.15) is 0 Å². The van der Waals surface area contributed by atoms with Crippen molar-refractivity contribution < 1.29 is 5.73 Å². The number of rotatable bonds is 5. The molecule has 0 amide bonds. The quantitative estimate of drug-likeness (QED) is 0.837. The fourth-order valence-electron chi connectivity index (χ4n) is 1.95. The lowest BCUT2D eigenvalue weighted by molar-refractivity contribution is -0.410. The molecule has 0 bridgehead atoms. The van der Waals surface area contributed by atoms with Gasteiger partial charge in [0.05, 0.1) is 4.88 Å². The van der Waals surface area contributed by atoms with Crippen molar-refractivity contribution in [2.45, 2.75) is 32.2 Å². The van der Waals surface area contributed by atoms with E-state index in [1.165, 1.54) is 35.3 Å². The normalized spacial score (nSPS) is 12.6. The van der Waals surface area contributed by atoms with Crippen LogP contribution in [0.3, 0.4) is 0 Å². The average Bonchev–Trinajstić information content (AvgIpc) is 2.90.